The molecule has 5 nitrogen and oxygen atoms in total. The van der Waals surface area contributed by atoms with E-state index in [0.717, 1.165) is 18.7 Å². The van der Waals surface area contributed by atoms with Crippen LogP contribution in [0.4, 0.5) is 0 Å². The van der Waals surface area contributed by atoms with Crippen molar-refractivity contribution in [3.63, 3.8) is 0 Å². The van der Waals surface area contributed by atoms with E-state index in [2.05, 4.69) is 42.5 Å². The van der Waals surface area contributed by atoms with Gasteiger partial charge in [0.1, 0.15) is 10.1 Å². The molecule has 0 saturated carbocycles. The highest BCUT2D eigenvalue weighted by molar-refractivity contribution is 7.85. The first-order valence-corrected chi connectivity index (χ1v) is 12.4. The summed E-state index contributed by atoms with van der Waals surface area (Å²) in [5, 5.41) is 0. The third-order valence-electron chi connectivity index (χ3n) is 6.89. The molecule has 2 heterocycles. The zero-order chi connectivity index (χ0) is 22.0. The first-order valence-electron chi connectivity index (χ1n) is 11.0. The monoisotopic (exact) mass is 439 g/mol. The van der Waals surface area contributed by atoms with Crippen LogP contribution in [-0.2, 0) is 14.9 Å². The topological polar surface area (TPSA) is 78.7 Å². The third kappa shape index (κ3) is 4.81. The number of carbonyl (C=O) groups excluding carboxylic acids is 1. The lowest BCUT2D eigenvalue weighted by Gasteiger charge is -2.41. The summed E-state index contributed by atoms with van der Waals surface area (Å²) in [7, 11) is -4.27. The molecule has 0 aromatic heterocycles. The highest BCUT2D eigenvalue weighted by Gasteiger charge is 2.49. The Labute approximate surface area is 184 Å². The van der Waals surface area contributed by atoms with Crippen molar-refractivity contribution in [1.29, 1.82) is 0 Å². The molecule has 2 saturated heterocycles. The molecule has 0 spiro atoms. The first-order chi connectivity index (χ1) is 14.8. The van der Waals surface area contributed by atoms with Gasteiger partial charge in [0, 0.05) is 12.3 Å². The van der Waals surface area contributed by atoms with Crippen molar-refractivity contribution in [2.45, 2.75) is 37.0 Å². The SMILES string of the molecule is Cc1ccc(S(=O)(=O)[O-])cc1.O=C1[C@H]2[C@@H]3CC[NH+]1CCC[C@@H]2C=C[C@@H]3c1ccccc1. The standard InChI is InChI=1S/C18H21NO.C7H8O3S/c20-18-17-14-7-4-11-19(18)12-10-16(17)15(9-8-14)13-5-2-1-3-6-13;1-6-2-4-7(5-3-6)11(8,9)10/h1-3,5-6,8-9,14-17H,4,7,10-12H2;2-5H,1H3,(H,8,9,10)/t14-,15-,16-,17-;/m1./s1. The van der Waals surface area contributed by atoms with Crippen LogP contribution in [0.5, 0.6) is 0 Å². The van der Waals surface area contributed by atoms with Gasteiger partial charge < -0.3 is 4.55 Å². The summed E-state index contributed by atoms with van der Waals surface area (Å²) < 4.78 is 31.2. The van der Waals surface area contributed by atoms with Crippen LogP contribution in [0.3, 0.4) is 0 Å². The molecule has 1 amide bonds. The maximum Gasteiger partial charge on any atom is 0.316 e. The van der Waals surface area contributed by atoms with Crippen molar-refractivity contribution in [3.8, 4) is 0 Å². The van der Waals surface area contributed by atoms with Crippen molar-refractivity contribution >= 4 is 16.0 Å². The van der Waals surface area contributed by atoms with Crippen molar-refractivity contribution in [2.24, 2.45) is 17.8 Å². The van der Waals surface area contributed by atoms with E-state index < -0.39 is 10.1 Å². The molecule has 164 valence electrons. The van der Waals surface area contributed by atoms with E-state index in [4.69, 9.17) is 0 Å². The fourth-order valence-electron chi connectivity index (χ4n) is 5.33. The molecule has 1 aliphatic carbocycles. The fraction of sp³-hybridized carbons (Fsp3) is 0.400. The lowest BCUT2D eigenvalue weighted by molar-refractivity contribution is -0.827. The van der Waals surface area contributed by atoms with Crippen LogP contribution in [0.25, 0.3) is 0 Å². The van der Waals surface area contributed by atoms with Crippen LogP contribution in [0.15, 0.2) is 71.6 Å². The Morgan fingerprint density at radius 3 is 2.32 bits per heavy atom. The summed E-state index contributed by atoms with van der Waals surface area (Å²) >= 11 is 0. The van der Waals surface area contributed by atoms with Gasteiger partial charge in [-0.15, -0.1) is 0 Å². The van der Waals surface area contributed by atoms with Crippen LogP contribution in [0.1, 0.15) is 36.3 Å². The summed E-state index contributed by atoms with van der Waals surface area (Å²) in [4.78, 5) is 13.8. The molecule has 1 unspecified atom stereocenters. The first kappa shape index (κ1) is 21.9. The zero-order valence-electron chi connectivity index (χ0n) is 17.7. The Bertz CT molecular complexity index is 1050. The van der Waals surface area contributed by atoms with Gasteiger partial charge in [-0.25, -0.2) is 13.2 Å². The lowest BCUT2D eigenvalue weighted by Crippen LogP contribution is -3.16. The summed E-state index contributed by atoms with van der Waals surface area (Å²) in [6.07, 6.45) is 8.35. The van der Waals surface area contributed by atoms with Crippen molar-refractivity contribution < 1.29 is 22.7 Å². The number of hydrogen-bond acceptors (Lipinski definition) is 4. The van der Waals surface area contributed by atoms with E-state index in [9.17, 15) is 17.8 Å². The maximum absolute atomic E-state index is 12.7. The minimum absolute atomic E-state index is 0.178. The molecular weight excluding hydrogens is 410 g/mol. The Kier molecular flexibility index (Phi) is 6.42. The molecule has 5 rings (SSSR count). The van der Waals surface area contributed by atoms with E-state index >= 15 is 0 Å². The molecule has 5 atom stereocenters. The number of rotatable bonds is 2. The van der Waals surface area contributed by atoms with Gasteiger partial charge in [0.25, 0.3) is 0 Å². The Morgan fingerprint density at radius 2 is 1.65 bits per heavy atom. The van der Waals surface area contributed by atoms with Crippen LogP contribution in [0, 0.1) is 24.7 Å². The van der Waals surface area contributed by atoms with E-state index in [1.165, 1.54) is 41.9 Å². The van der Waals surface area contributed by atoms with Gasteiger partial charge in [-0.1, -0.05) is 60.2 Å². The maximum atomic E-state index is 12.7. The molecule has 3 aliphatic rings. The predicted octanol–water partition coefficient (Wildman–Crippen LogP) is 2.70. The fourth-order valence-corrected chi connectivity index (χ4v) is 5.80. The number of aryl methyl sites for hydroxylation is 1. The minimum atomic E-state index is -4.27. The smallest absolute Gasteiger partial charge is 0.316 e. The second-order valence-electron chi connectivity index (χ2n) is 8.84. The van der Waals surface area contributed by atoms with Crippen LogP contribution in [-0.4, -0.2) is 32.0 Å². The van der Waals surface area contributed by atoms with Gasteiger partial charge >= 0.3 is 5.91 Å². The number of piperidine rings is 1. The number of hydrogen-bond donors (Lipinski definition) is 1. The van der Waals surface area contributed by atoms with Gasteiger partial charge in [0.05, 0.1) is 23.9 Å². The normalized spacial score (nSPS) is 29.5. The lowest BCUT2D eigenvalue weighted by atomic mass is 9.65. The van der Waals surface area contributed by atoms with E-state index in [1.807, 2.05) is 6.92 Å². The Morgan fingerprint density at radius 1 is 0.935 bits per heavy atom. The van der Waals surface area contributed by atoms with Crippen LogP contribution >= 0.6 is 0 Å². The zero-order valence-corrected chi connectivity index (χ0v) is 18.6. The number of quaternary nitrogens is 1. The van der Waals surface area contributed by atoms with Gasteiger partial charge in [0.15, 0.2) is 0 Å². The minimum Gasteiger partial charge on any atom is -0.744 e. The largest absolute Gasteiger partial charge is 0.744 e. The van der Waals surface area contributed by atoms with E-state index in [0.29, 0.717) is 23.7 Å². The van der Waals surface area contributed by atoms with Crippen molar-refractivity contribution in [1.82, 2.24) is 0 Å². The Hall–Kier alpha value is -2.28. The van der Waals surface area contributed by atoms with Gasteiger partial charge in [-0.3, -0.25) is 4.90 Å². The highest BCUT2D eigenvalue weighted by atomic mass is 32.2. The molecule has 1 N–H and O–H groups in total. The van der Waals surface area contributed by atoms with E-state index in [1.54, 1.807) is 12.1 Å². The Balaban J connectivity index is 0.000000180. The number of amides is 1. The quantitative estimate of drug-likeness (QED) is 0.576. The van der Waals surface area contributed by atoms with Crippen LogP contribution < -0.4 is 4.90 Å². The average molecular weight is 440 g/mol. The van der Waals surface area contributed by atoms with E-state index in [-0.39, 0.29) is 10.8 Å². The molecule has 6 heteroatoms. The van der Waals surface area contributed by atoms with Gasteiger partial charge in [0.2, 0.25) is 0 Å². The summed E-state index contributed by atoms with van der Waals surface area (Å²) in [5.74, 6) is 2.26. The second kappa shape index (κ2) is 9.07. The second-order valence-corrected chi connectivity index (χ2v) is 10.2. The summed E-state index contributed by atoms with van der Waals surface area (Å²) in [6.45, 7) is 3.92. The molecular formula is C25H29NO4S. The number of nitrogens with one attached hydrogen (secondary N) is 1. The summed E-state index contributed by atoms with van der Waals surface area (Å²) in [5.41, 5.74) is 2.31. The number of allylic oxidation sites excluding steroid dienone is 2. The van der Waals surface area contributed by atoms with Crippen LogP contribution in [0.2, 0.25) is 0 Å². The molecule has 2 fully saturated rings. The van der Waals surface area contributed by atoms with Crippen molar-refractivity contribution in [3.05, 3.63) is 77.9 Å². The number of benzene rings is 2. The molecule has 2 aromatic carbocycles. The number of carbonyl (C=O) groups is 1. The van der Waals surface area contributed by atoms with Crippen molar-refractivity contribution in [2.75, 3.05) is 13.1 Å². The summed E-state index contributed by atoms with van der Waals surface area (Å²) in [6, 6.07) is 16.5. The molecule has 2 aliphatic heterocycles. The molecule has 2 bridgehead atoms. The molecule has 31 heavy (non-hydrogen) atoms. The van der Waals surface area contributed by atoms with Gasteiger partial charge in [-0.05, 0) is 49.3 Å². The average Bonchev–Trinajstić information content (AvgIpc) is 2.87. The predicted molar refractivity (Wildman–Crippen MR) is 117 cm³/mol. The number of fused-ring (bicyclic) bond motifs is 1. The molecule has 0 radical (unpaired) electrons. The third-order valence-corrected chi connectivity index (χ3v) is 7.74. The van der Waals surface area contributed by atoms with Gasteiger partial charge in [-0.2, -0.15) is 0 Å². The molecule has 2 aromatic rings. The highest BCUT2D eigenvalue weighted by Crippen LogP contribution is 2.44.